The summed E-state index contributed by atoms with van der Waals surface area (Å²) < 4.78 is 69.9. The number of nitrogens with one attached hydrogen (secondary N) is 3. The van der Waals surface area contributed by atoms with E-state index in [4.69, 9.17) is 0 Å². The van der Waals surface area contributed by atoms with Crippen LogP contribution in [-0.4, -0.2) is 58.7 Å². The predicted molar refractivity (Wildman–Crippen MR) is 127 cm³/mol. The highest BCUT2D eigenvalue weighted by molar-refractivity contribution is 6.01. The summed E-state index contributed by atoms with van der Waals surface area (Å²) in [5.41, 5.74) is -1.05. The largest absolute Gasteiger partial charge is 0.356 e. The molecule has 2 aliphatic heterocycles. The van der Waals surface area contributed by atoms with E-state index in [-0.39, 0.29) is 35.5 Å². The molecular formula is C26H26F5N5O3. The molecule has 0 spiro atoms. The Bertz CT molecular complexity index is 1360. The highest BCUT2D eigenvalue weighted by Gasteiger charge is 2.58. The molecule has 5 atom stereocenters. The molecule has 3 fully saturated rings. The number of carbonyl (C=O) groups excluding carboxylic acids is 3. The third-order valence-corrected chi connectivity index (χ3v) is 8.03. The Labute approximate surface area is 219 Å². The Hall–Kier alpha value is -3.69. The van der Waals surface area contributed by atoms with E-state index < -0.39 is 78.2 Å². The number of benzene rings is 1. The van der Waals surface area contributed by atoms with Crippen molar-refractivity contribution in [3.05, 3.63) is 35.3 Å². The third-order valence-electron chi connectivity index (χ3n) is 8.03. The Morgan fingerprint density at radius 2 is 2.03 bits per heavy atom. The summed E-state index contributed by atoms with van der Waals surface area (Å²) in [5.74, 6) is -7.86. The number of halogens is 5. The van der Waals surface area contributed by atoms with Crippen molar-refractivity contribution in [3.63, 3.8) is 0 Å². The van der Waals surface area contributed by atoms with Crippen molar-refractivity contribution in [2.45, 2.75) is 56.5 Å². The topological polar surface area (TPSA) is 118 Å². The second-order valence-corrected chi connectivity index (χ2v) is 10.6. The van der Waals surface area contributed by atoms with Crippen LogP contribution >= 0.6 is 0 Å². The van der Waals surface area contributed by atoms with Crippen LogP contribution in [0.25, 0.3) is 10.9 Å². The van der Waals surface area contributed by atoms with E-state index in [0.717, 1.165) is 23.1 Å². The number of likely N-dealkylation sites (tertiary alicyclic amines) is 1. The number of nitriles is 1. The molecule has 2 saturated heterocycles. The molecule has 39 heavy (non-hydrogen) atoms. The molecule has 1 aromatic carbocycles. The van der Waals surface area contributed by atoms with Crippen molar-refractivity contribution in [1.82, 2.24) is 20.5 Å². The highest BCUT2D eigenvalue weighted by atomic mass is 19.3. The van der Waals surface area contributed by atoms with Gasteiger partial charge in [-0.05, 0) is 49.3 Å². The molecule has 0 unspecified atom stereocenters. The van der Waals surface area contributed by atoms with Crippen LogP contribution in [0.1, 0.15) is 54.6 Å². The van der Waals surface area contributed by atoms with Gasteiger partial charge in [0.25, 0.3) is 12.3 Å². The molecule has 5 rings (SSSR count). The molecular weight excluding hydrogens is 525 g/mol. The lowest BCUT2D eigenvalue weighted by Gasteiger charge is -2.29. The van der Waals surface area contributed by atoms with Gasteiger partial charge in [0.2, 0.25) is 17.7 Å². The van der Waals surface area contributed by atoms with Gasteiger partial charge in [-0.2, -0.15) is 5.26 Å². The Morgan fingerprint density at radius 3 is 2.72 bits per heavy atom. The lowest BCUT2D eigenvalue weighted by Crippen LogP contribution is -2.52. The van der Waals surface area contributed by atoms with Crippen molar-refractivity contribution in [2.24, 2.45) is 17.8 Å². The minimum atomic E-state index is -3.03. The van der Waals surface area contributed by atoms with Gasteiger partial charge in [0.15, 0.2) is 0 Å². The Morgan fingerprint density at radius 1 is 1.26 bits per heavy atom. The summed E-state index contributed by atoms with van der Waals surface area (Å²) in [7, 11) is 0. The Balaban J connectivity index is 1.42. The van der Waals surface area contributed by atoms with E-state index in [9.17, 15) is 41.6 Å². The summed E-state index contributed by atoms with van der Waals surface area (Å²) >= 11 is 0. The summed E-state index contributed by atoms with van der Waals surface area (Å²) in [6.07, 6.45) is -2.86. The van der Waals surface area contributed by atoms with Crippen molar-refractivity contribution < 1.29 is 36.3 Å². The lowest BCUT2D eigenvalue weighted by atomic mass is 9.90. The average Bonchev–Trinajstić information content (AvgIpc) is 3.54. The number of aromatic amines is 1. The molecule has 3 aliphatic rings. The number of alkyl halides is 4. The first-order chi connectivity index (χ1) is 18.5. The van der Waals surface area contributed by atoms with Gasteiger partial charge in [0, 0.05) is 42.8 Å². The van der Waals surface area contributed by atoms with E-state index in [0.29, 0.717) is 19.4 Å². The first kappa shape index (κ1) is 26.9. The Kier molecular flexibility index (Phi) is 6.99. The second-order valence-electron chi connectivity index (χ2n) is 10.6. The van der Waals surface area contributed by atoms with Crippen LogP contribution in [0.15, 0.2) is 18.2 Å². The second kappa shape index (κ2) is 10.1. The van der Waals surface area contributed by atoms with E-state index in [1.165, 1.54) is 0 Å². The van der Waals surface area contributed by atoms with E-state index in [1.807, 2.05) is 6.07 Å². The minimum absolute atomic E-state index is 0.0245. The summed E-state index contributed by atoms with van der Waals surface area (Å²) in [5, 5.41) is 14.6. The molecule has 2 aromatic rings. The minimum Gasteiger partial charge on any atom is -0.356 e. The zero-order valence-corrected chi connectivity index (χ0v) is 20.7. The maximum atomic E-state index is 14.4. The van der Waals surface area contributed by atoms with Crippen molar-refractivity contribution in [3.8, 4) is 6.07 Å². The van der Waals surface area contributed by atoms with Crippen molar-refractivity contribution in [2.75, 3.05) is 13.1 Å². The summed E-state index contributed by atoms with van der Waals surface area (Å²) in [6.45, 7) is 0.324. The maximum absolute atomic E-state index is 14.4. The quantitative estimate of drug-likeness (QED) is 0.475. The summed E-state index contributed by atoms with van der Waals surface area (Å²) in [4.78, 5) is 42.7. The number of amides is 3. The first-order valence-corrected chi connectivity index (χ1v) is 12.7. The van der Waals surface area contributed by atoms with Crippen molar-refractivity contribution in [1.29, 1.82) is 5.26 Å². The number of piperidine rings is 1. The van der Waals surface area contributed by atoms with Gasteiger partial charge in [-0.3, -0.25) is 14.4 Å². The van der Waals surface area contributed by atoms with Gasteiger partial charge < -0.3 is 20.5 Å². The number of H-pyrrole nitrogens is 1. The molecule has 0 bridgehead atoms. The number of rotatable bonds is 6. The first-order valence-electron chi connectivity index (χ1n) is 12.7. The molecule has 3 heterocycles. The van der Waals surface area contributed by atoms with Crippen LogP contribution in [-0.2, 0) is 9.59 Å². The molecule has 8 nitrogen and oxygen atoms in total. The van der Waals surface area contributed by atoms with Gasteiger partial charge in [0.1, 0.15) is 23.6 Å². The molecule has 1 aromatic heterocycles. The number of fused-ring (bicyclic) bond motifs is 2. The fourth-order valence-corrected chi connectivity index (χ4v) is 6.25. The zero-order chi connectivity index (χ0) is 28.1. The standard InChI is InChI=1S/C26H26F5N5O3/c27-18-4-3-15(22(28)29)20-16(18)7-19(35-20)25(39)36-11-13-8-26(30,31)9-17(13)21(36)24(38)34-14(10-32)6-12-2-1-5-33-23(12)37/h3-4,7,12-14,17,21-22,35H,1-2,5-6,8-9,11H2,(H,33,37)(H,34,38)/t12-,13+,14-,17+,21+/m1/s1. The zero-order valence-electron chi connectivity index (χ0n) is 20.7. The number of aromatic nitrogens is 1. The summed E-state index contributed by atoms with van der Waals surface area (Å²) in [6, 6.07) is 2.30. The predicted octanol–water partition coefficient (Wildman–Crippen LogP) is 3.66. The normalized spacial score (nSPS) is 26.8. The van der Waals surface area contributed by atoms with Crippen LogP contribution in [0.3, 0.4) is 0 Å². The van der Waals surface area contributed by atoms with Crippen LogP contribution < -0.4 is 10.6 Å². The molecule has 208 valence electrons. The molecule has 1 aliphatic carbocycles. The molecule has 0 radical (unpaired) electrons. The lowest BCUT2D eigenvalue weighted by molar-refractivity contribution is -0.129. The van der Waals surface area contributed by atoms with Crippen molar-refractivity contribution >= 4 is 28.6 Å². The van der Waals surface area contributed by atoms with Crippen LogP contribution in [0.2, 0.25) is 0 Å². The van der Waals surface area contributed by atoms with Gasteiger partial charge in [-0.25, -0.2) is 22.0 Å². The number of hydrogen-bond donors (Lipinski definition) is 3. The fraction of sp³-hybridized carbons (Fsp3) is 0.538. The number of hydrogen-bond acceptors (Lipinski definition) is 4. The van der Waals surface area contributed by atoms with Gasteiger partial charge in [-0.15, -0.1) is 0 Å². The smallest absolute Gasteiger partial charge is 0.271 e. The van der Waals surface area contributed by atoms with Crippen LogP contribution in [0, 0.1) is 34.9 Å². The van der Waals surface area contributed by atoms with E-state index in [2.05, 4.69) is 15.6 Å². The fourth-order valence-electron chi connectivity index (χ4n) is 6.25. The third kappa shape index (κ3) is 5.04. The van der Waals surface area contributed by atoms with Crippen LogP contribution in [0.5, 0.6) is 0 Å². The van der Waals surface area contributed by atoms with Gasteiger partial charge in [0.05, 0.1) is 11.6 Å². The average molecular weight is 552 g/mol. The van der Waals surface area contributed by atoms with Gasteiger partial charge in [-0.1, -0.05) is 0 Å². The highest BCUT2D eigenvalue weighted by Crippen LogP contribution is 2.50. The molecule has 1 saturated carbocycles. The van der Waals surface area contributed by atoms with E-state index >= 15 is 0 Å². The molecule has 3 N–H and O–H groups in total. The number of nitrogens with zero attached hydrogens (tertiary/aromatic N) is 2. The molecule has 3 amide bonds. The SMILES string of the molecule is N#C[C@@H](C[C@H]1CCCNC1=O)NC(=O)[C@@H]1[C@H]2CC(F)(F)C[C@H]2CN1C(=O)c1cc2c(F)ccc(C(F)F)c2[nH]1. The maximum Gasteiger partial charge on any atom is 0.271 e. The van der Waals surface area contributed by atoms with Crippen LogP contribution in [0.4, 0.5) is 22.0 Å². The number of carbonyl (C=O) groups is 3. The molecule has 13 heteroatoms. The van der Waals surface area contributed by atoms with E-state index in [1.54, 1.807) is 0 Å². The van der Waals surface area contributed by atoms with Gasteiger partial charge >= 0.3 is 0 Å². The monoisotopic (exact) mass is 551 g/mol.